The maximum Gasteiger partial charge on any atom is 0.222 e. The summed E-state index contributed by atoms with van der Waals surface area (Å²) in [6, 6.07) is 0. The van der Waals surface area contributed by atoms with Gasteiger partial charge in [0.1, 0.15) is 5.82 Å². The molecule has 1 N–H and O–H groups in total. The predicted octanol–water partition coefficient (Wildman–Crippen LogP) is 2.10. The average Bonchev–Trinajstić information content (AvgIpc) is 3.19. The zero-order chi connectivity index (χ0) is 15.4. The minimum atomic E-state index is 0.257. The highest BCUT2D eigenvalue weighted by Gasteiger charge is 2.25. The minimum Gasteiger partial charge on any atom is -0.346 e. The number of carbonyl (C=O) groups is 1. The zero-order valence-electron chi connectivity index (χ0n) is 13.0. The SMILES string of the molecule is Cc1cnc([C@@H]2CCCN(C(=O)CCCn3ccnc3)C2)[nH]1. The Morgan fingerprint density at radius 3 is 3.14 bits per heavy atom. The van der Waals surface area contributed by atoms with E-state index >= 15 is 0 Å². The molecule has 6 heteroatoms. The van der Waals surface area contributed by atoms with Crippen molar-refractivity contribution in [3.8, 4) is 0 Å². The van der Waals surface area contributed by atoms with Crippen LogP contribution in [0.3, 0.4) is 0 Å². The van der Waals surface area contributed by atoms with Crippen LogP contribution in [0.25, 0.3) is 0 Å². The number of aromatic amines is 1. The number of likely N-dealkylation sites (tertiary alicyclic amines) is 1. The molecule has 3 rings (SSSR count). The Hall–Kier alpha value is -2.11. The highest BCUT2D eigenvalue weighted by atomic mass is 16.2. The number of carbonyl (C=O) groups excluding carboxylic acids is 1. The number of aryl methyl sites for hydroxylation is 2. The van der Waals surface area contributed by atoms with E-state index in [9.17, 15) is 4.79 Å². The van der Waals surface area contributed by atoms with Gasteiger partial charge in [-0.2, -0.15) is 0 Å². The molecule has 0 aromatic carbocycles. The Kier molecular flexibility index (Phi) is 4.56. The number of rotatable bonds is 5. The average molecular weight is 301 g/mol. The number of nitrogens with zero attached hydrogens (tertiary/aromatic N) is 4. The Balaban J connectivity index is 1.49. The highest BCUT2D eigenvalue weighted by Crippen LogP contribution is 2.25. The monoisotopic (exact) mass is 301 g/mol. The first kappa shape index (κ1) is 14.8. The molecule has 2 aromatic heterocycles. The molecule has 0 spiro atoms. The van der Waals surface area contributed by atoms with Crippen molar-refractivity contribution in [2.45, 2.75) is 45.1 Å². The topological polar surface area (TPSA) is 66.8 Å². The van der Waals surface area contributed by atoms with Crippen LogP contribution in [0.2, 0.25) is 0 Å². The molecule has 2 aromatic rings. The van der Waals surface area contributed by atoms with Crippen LogP contribution in [-0.4, -0.2) is 43.4 Å². The van der Waals surface area contributed by atoms with E-state index in [1.807, 2.05) is 28.8 Å². The molecule has 3 heterocycles. The van der Waals surface area contributed by atoms with E-state index in [-0.39, 0.29) is 5.91 Å². The number of piperidine rings is 1. The normalized spacial score (nSPS) is 18.6. The van der Waals surface area contributed by atoms with Gasteiger partial charge < -0.3 is 14.5 Å². The van der Waals surface area contributed by atoms with Crippen molar-refractivity contribution in [3.05, 3.63) is 36.4 Å². The van der Waals surface area contributed by atoms with Crippen molar-refractivity contribution < 1.29 is 4.79 Å². The second-order valence-electron chi connectivity index (χ2n) is 6.03. The number of H-pyrrole nitrogens is 1. The van der Waals surface area contributed by atoms with Gasteiger partial charge in [-0.05, 0) is 26.2 Å². The molecule has 0 saturated carbocycles. The van der Waals surface area contributed by atoms with E-state index in [2.05, 4.69) is 15.0 Å². The molecule has 1 amide bonds. The standard InChI is InChI=1S/C16H23N5O/c1-13-10-18-16(19-13)14-4-2-8-21(11-14)15(22)5-3-7-20-9-6-17-12-20/h6,9-10,12,14H,2-5,7-8,11H2,1H3,(H,18,19)/t14-/m1/s1. The van der Waals surface area contributed by atoms with Crippen molar-refractivity contribution >= 4 is 5.91 Å². The van der Waals surface area contributed by atoms with Crippen molar-refractivity contribution in [1.29, 1.82) is 0 Å². The number of hydrogen-bond donors (Lipinski definition) is 1. The molecule has 1 atom stereocenters. The smallest absolute Gasteiger partial charge is 0.222 e. The summed E-state index contributed by atoms with van der Waals surface area (Å²) in [7, 11) is 0. The third kappa shape index (κ3) is 3.55. The van der Waals surface area contributed by atoms with Gasteiger partial charge in [0, 0.05) is 56.3 Å². The van der Waals surface area contributed by atoms with Crippen LogP contribution in [0, 0.1) is 6.92 Å². The fraction of sp³-hybridized carbons (Fsp3) is 0.562. The summed E-state index contributed by atoms with van der Waals surface area (Å²) in [5, 5.41) is 0. The molecule has 118 valence electrons. The van der Waals surface area contributed by atoms with Crippen molar-refractivity contribution in [3.63, 3.8) is 0 Å². The lowest BCUT2D eigenvalue weighted by molar-refractivity contribution is -0.132. The summed E-state index contributed by atoms with van der Waals surface area (Å²) in [6.45, 7) is 4.52. The molecule has 22 heavy (non-hydrogen) atoms. The number of imidazole rings is 2. The molecule has 0 bridgehead atoms. The van der Waals surface area contributed by atoms with E-state index in [0.29, 0.717) is 12.3 Å². The van der Waals surface area contributed by atoms with Gasteiger partial charge in [0.25, 0.3) is 0 Å². The fourth-order valence-corrected chi connectivity index (χ4v) is 3.06. The van der Waals surface area contributed by atoms with E-state index < -0.39 is 0 Å². The molecular formula is C16H23N5O. The van der Waals surface area contributed by atoms with Crippen LogP contribution < -0.4 is 0 Å². The Morgan fingerprint density at radius 2 is 2.41 bits per heavy atom. The fourth-order valence-electron chi connectivity index (χ4n) is 3.06. The maximum absolute atomic E-state index is 12.4. The summed E-state index contributed by atoms with van der Waals surface area (Å²) in [6.07, 6.45) is 11.0. The molecule has 0 radical (unpaired) electrons. The van der Waals surface area contributed by atoms with Crippen LogP contribution in [0.15, 0.2) is 24.9 Å². The lowest BCUT2D eigenvalue weighted by atomic mass is 9.97. The quantitative estimate of drug-likeness (QED) is 0.919. The first-order valence-electron chi connectivity index (χ1n) is 7.97. The number of hydrogen-bond acceptors (Lipinski definition) is 3. The number of amides is 1. The van der Waals surface area contributed by atoms with Gasteiger partial charge in [-0.25, -0.2) is 9.97 Å². The molecule has 0 aliphatic carbocycles. The van der Waals surface area contributed by atoms with E-state index in [0.717, 1.165) is 50.4 Å². The van der Waals surface area contributed by atoms with Gasteiger partial charge in [0.2, 0.25) is 5.91 Å². The van der Waals surface area contributed by atoms with E-state index in [1.165, 1.54) is 0 Å². The number of nitrogens with one attached hydrogen (secondary N) is 1. The van der Waals surface area contributed by atoms with Crippen molar-refractivity contribution in [2.24, 2.45) is 0 Å². The molecule has 6 nitrogen and oxygen atoms in total. The molecule has 1 saturated heterocycles. The second-order valence-corrected chi connectivity index (χ2v) is 6.03. The van der Waals surface area contributed by atoms with E-state index in [1.54, 1.807) is 12.5 Å². The van der Waals surface area contributed by atoms with Crippen LogP contribution >= 0.6 is 0 Å². The lowest BCUT2D eigenvalue weighted by Gasteiger charge is -2.32. The lowest BCUT2D eigenvalue weighted by Crippen LogP contribution is -2.39. The Labute approximate surface area is 130 Å². The largest absolute Gasteiger partial charge is 0.346 e. The molecule has 1 aliphatic rings. The van der Waals surface area contributed by atoms with Gasteiger partial charge >= 0.3 is 0 Å². The summed E-state index contributed by atoms with van der Waals surface area (Å²) in [5.74, 6) is 1.63. The van der Waals surface area contributed by atoms with Crippen LogP contribution in [0.4, 0.5) is 0 Å². The van der Waals surface area contributed by atoms with Crippen molar-refractivity contribution in [2.75, 3.05) is 13.1 Å². The van der Waals surface area contributed by atoms with E-state index in [4.69, 9.17) is 0 Å². The summed E-state index contributed by atoms with van der Waals surface area (Å²) in [5.41, 5.74) is 1.08. The zero-order valence-corrected chi connectivity index (χ0v) is 13.0. The molecule has 1 fully saturated rings. The summed E-state index contributed by atoms with van der Waals surface area (Å²) >= 11 is 0. The highest BCUT2D eigenvalue weighted by molar-refractivity contribution is 5.76. The second kappa shape index (κ2) is 6.77. The first-order chi connectivity index (χ1) is 10.7. The molecule has 1 aliphatic heterocycles. The van der Waals surface area contributed by atoms with Gasteiger partial charge in [-0.1, -0.05) is 0 Å². The van der Waals surface area contributed by atoms with Crippen LogP contribution in [0.5, 0.6) is 0 Å². The Morgan fingerprint density at radius 1 is 1.50 bits per heavy atom. The molecule has 0 unspecified atom stereocenters. The van der Waals surface area contributed by atoms with Crippen LogP contribution in [0.1, 0.15) is 43.1 Å². The van der Waals surface area contributed by atoms with Gasteiger partial charge in [0.05, 0.1) is 6.33 Å². The van der Waals surface area contributed by atoms with Gasteiger partial charge in [0.15, 0.2) is 0 Å². The number of aromatic nitrogens is 4. The van der Waals surface area contributed by atoms with Crippen molar-refractivity contribution in [1.82, 2.24) is 24.4 Å². The predicted molar refractivity (Wildman–Crippen MR) is 83.3 cm³/mol. The first-order valence-corrected chi connectivity index (χ1v) is 7.97. The maximum atomic E-state index is 12.4. The summed E-state index contributed by atoms with van der Waals surface area (Å²) < 4.78 is 2.01. The third-order valence-corrected chi connectivity index (χ3v) is 4.25. The minimum absolute atomic E-state index is 0.257. The van der Waals surface area contributed by atoms with Gasteiger partial charge in [-0.3, -0.25) is 4.79 Å². The van der Waals surface area contributed by atoms with Crippen LogP contribution in [-0.2, 0) is 11.3 Å². The molecular weight excluding hydrogens is 278 g/mol. The summed E-state index contributed by atoms with van der Waals surface area (Å²) in [4.78, 5) is 26.1. The van der Waals surface area contributed by atoms with Gasteiger partial charge in [-0.15, -0.1) is 0 Å². The third-order valence-electron chi connectivity index (χ3n) is 4.25. The Bertz CT molecular complexity index is 604.